The third kappa shape index (κ3) is 4.76. The summed E-state index contributed by atoms with van der Waals surface area (Å²) in [5.74, 6) is 1.79. The first-order valence-electron chi connectivity index (χ1n) is 9.55. The molecule has 1 saturated heterocycles. The fraction of sp³-hybridized carbons (Fsp3) is 0.476. The topological polar surface area (TPSA) is 58.6 Å². The molecule has 0 saturated carbocycles. The molecule has 0 atom stereocenters. The van der Waals surface area contributed by atoms with E-state index in [-0.39, 0.29) is 12.0 Å². The molecule has 1 amide bonds. The highest BCUT2D eigenvalue weighted by Gasteiger charge is 2.22. The first-order chi connectivity index (χ1) is 12.9. The van der Waals surface area contributed by atoms with Gasteiger partial charge in [-0.3, -0.25) is 9.78 Å². The lowest BCUT2D eigenvalue weighted by molar-refractivity contribution is 0.0767. The molecule has 2 heterocycles. The van der Waals surface area contributed by atoms with E-state index in [2.05, 4.69) is 14.9 Å². The van der Waals surface area contributed by atoms with Gasteiger partial charge in [-0.05, 0) is 58.4 Å². The van der Waals surface area contributed by atoms with E-state index in [0.29, 0.717) is 12.1 Å². The van der Waals surface area contributed by atoms with E-state index in [0.717, 1.165) is 49.0 Å². The predicted octanol–water partition coefficient (Wildman–Crippen LogP) is 3.23. The van der Waals surface area contributed by atoms with Crippen molar-refractivity contribution >= 4 is 11.7 Å². The summed E-state index contributed by atoms with van der Waals surface area (Å²) in [6, 6.07) is 7.42. The zero-order valence-corrected chi connectivity index (χ0v) is 16.6. The van der Waals surface area contributed by atoms with Gasteiger partial charge in [0.05, 0.1) is 17.5 Å². The molecule has 0 bridgehead atoms. The van der Waals surface area contributed by atoms with Crippen LogP contribution in [-0.4, -0.2) is 53.1 Å². The van der Waals surface area contributed by atoms with E-state index in [1.54, 1.807) is 6.20 Å². The third-order valence-electron chi connectivity index (χ3n) is 4.61. The maximum absolute atomic E-state index is 12.9. The summed E-state index contributed by atoms with van der Waals surface area (Å²) in [4.78, 5) is 26.1. The Balaban J connectivity index is 1.66. The van der Waals surface area contributed by atoms with Gasteiger partial charge in [-0.15, -0.1) is 0 Å². The van der Waals surface area contributed by atoms with E-state index >= 15 is 0 Å². The number of hydrogen-bond donors (Lipinski definition) is 0. The number of amides is 1. The molecule has 0 aliphatic carbocycles. The summed E-state index contributed by atoms with van der Waals surface area (Å²) in [5, 5.41) is 0. The lowest BCUT2D eigenvalue weighted by atomic mass is 10.2. The molecule has 6 heteroatoms. The second-order valence-electron chi connectivity index (χ2n) is 7.24. The highest BCUT2D eigenvalue weighted by Crippen LogP contribution is 2.19. The standard InChI is InChI=1S/C21H28N4O2/c1-15(2)27-19-8-6-18(7-9-19)21(26)25-11-5-10-24(12-13-25)20-17(4)22-14-16(3)23-20/h6-9,14-15H,5,10-13H2,1-4H3. The molecule has 6 nitrogen and oxygen atoms in total. The van der Waals surface area contributed by atoms with Gasteiger partial charge in [0.1, 0.15) is 11.6 Å². The SMILES string of the molecule is Cc1cnc(C)c(N2CCCN(C(=O)c3ccc(OC(C)C)cc3)CC2)n1. The number of nitrogens with zero attached hydrogens (tertiary/aromatic N) is 4. The van der Waals surface area contributed by atoms with Gasteiger partial charge in [-0.1, -0.05) is 0 Å². The molecular formula is C21H28N4O2. The molecule has 0 N–H and O–H groups in total. The molecule has 3 rings (SSSR count). The molecule has 1 fully saturated rings. The Morgan fingerprint density at radius 1 is 1.07 bits per heavy atom. The van der Waals surface area contributed by atoms with Gasteiger partial charge < -0.3 is 14.5 Å². The van der Waals surface area contributed by atoms with Gasteiger partial charge >= 0.3 is 0 Å². The van der Waals surface area contributed by atoms with E-state index in [9.17, 15) is 4.79 Å². The predicted molar refractivity (Wildman–Crippen MR) is 106 cm³/mol. The minimum atomic E-state index is 0.0694. The quantitative estimate of drug-likeness (QED) is 0.829. The summed E-state index contributed by atoms with van der Waals surface area (Å²) in [6.45, 7) is 11.0. The molecule has 0 spiro atoms. The van der Waals surface area contributed by atoms with Crippen LogP contribution in [0.25, 0.3) is 0 Å². The van der Waals surface area contributed by atoms with Crippen molar-refractivity contribution in [2.75, 3.05) is 31.1 Å². The number of carbonyl (C=O) groups excluding carboxylic acids is 1. The zero-order valence-electron chi connectivity index (χ0n) is 16.6. The number of aryl methyl sites for hydroxylation is 2. The fourth-order valence-corrected chi connectivity index (χ4v) is 3.29. The van der Waals surface area contributed by atoms with Gasteiger partial charge in [0.15, 0.2) is 0 Å². The molecule has 27 heavy (non-hydrogen) atoms. The Kier molecular flexibility index (Phi) is 5.94. The van der Waals surface area contributed by atoms with Crippen LogP contribution in [0.5, 0.6) is 5.75 Å². The monoisotopic (exact) mass is 368 g/mol. The number of hydrogen-bond acceptors (Lipinski definition) is 5. The van der Waals surface area contributed by atoms with Crippen molar-refractivity contribution in [3.05, 3.63) is 47.4 Å². The van der Waals surface area contributed by atoms with Gasteiger partial charge in [0.2, 0.25) is 0 Å². The molecule has 1 aromatic carbocycles. The third-order valence-corrected chi connectivity index (χ3v) is 4.61. The second-order valence-corrected chi connectivity index (χ2v) is 7.24. The lowest BCUT2D eigenvalue weighted by Crippen LogP contribution is -2.35. The molecule has 1 aliphatic heterocycles. The van der Waals surface area contributed by atoms with Crippen LogP contribution >= 0.6 is 0 Å². The van der Waals surface area contributed by atoms with E-state index < -0.39 is 0 Å². The number of aromatic nitrogens is 2. The van der Waals surface area contributed by atoms with Gasteiger partial charge in [-0.25, -0.2) is 4.98 Å². The number of rotatable bonds is 4. The number of benzene rings is 1. The van der Waals surface area contributed by atoms with E-state index in [1.807, 2.05) is 56.9 Å². The van der Waals surface area contributed by atoms with Crippen molar-refractivity contribution in [1.82, 2.24) is 14.9 Å². The molecule has 2 aromatic rings. The largest absolute Gasteiger partial charge is 0.491 e. The Morgan fingerprint density at radius 2 is 1.81 bits per heavy atom. The van der Waals surface area contributed by atoms with Crippen LogP contribution < -0.4 is 9.64 Å². The van der Waals surface area contributed by atoms with E-state index in [4.69, 9.17) is 4.74 Å². The molecular weight excluding hydrogens is 340 g/mol. The molecule has 0 unspecified atom stereocenters. The minimum Gasteiger partial charge on any atom is -0.491 e. The summed E-state index contributed by atoms with van der Waals surface area (Å²) >= 11 is 0. The average molecular weight is 368 g/mol. The Hall–Kier alpha value is -2.63. The van der Waals surface area contributed by atoms with Crippen LogP contribution in [0.4, 0.5) is 5.82 Å². The minimum absolute atomic E-state index is 0.0694. The number of anilines is 1. The van der Waals surface area contributed by atoms with Crippen LogP contribution in [0.1, 0.15) is 42.0 Å². The van der Waals surface area contributed by atoms with Gasteiger partial charge in [0.25, 0.3) is 5.91 Å². The van der Waals surface area contributed by atoms with Crippen molar-refractivity contribution in [3.8, 4) is 5.75 Å². The van der Waals surface area contributed by atoms with E-state index in [1.165, 1.54) is 0 Å². The molecule has 1 aliphatic rings. The summed E-state index contributed by atoms with van der Waals surface area (Å²) < 4.78 is 5.65. The Labute approximate surface area is 161 Å². The van der Waals surface area contributed by atoms with Crippen molar-refractivity contribution in [2.45, 2.75) is 40.2 Å². The fourth-order valence-electron chi connectivity index (χ4n) is 3.29. The normalized spacial score (nSPS) is 15.0. The maximum Gasteiger partial charge on any atom is 0.253 e. The van der Waals surface area contributed by atoms with Crippen molar-refractivity contribution in [1.29, 1.82) is 0 Å². The first-order valence-corrected chi connectivity index (χ1v) is 9.55. The molecule has 144 valence electrons. The van der Waals surface area contributed by atoms with Crippen molar-refractivity contribution < 1.29 is 9.53 Å². The maximum atomic E-state index is 12.9. The highest BCUT2D eigenvalue weighted by atomic mass is 16.5. The zero-order chi connectivity index (χ0) is 19.4. The average Bonchev–Trinajstić information content (AvgIpc) is 2.89. The van der Waals surface area contributed by atoms with Crippen molar-refractivity contribution in [2.24, 2.45) is 0 Å². The van der Waals surface area contributed by atoms with Crippen LogP contribution in [-0.2, 0) is 0 Å². The molecule has 0 radical (unpaired) electrons. The first kappa shape index (κ1) is 19.1. The Morgan fingerprint density at radius 3 is 2.52 bits per heavy atom. The van der Waals surface area contributed by atoms with Gasteiger partial charge in [0, 0.05) is 37.9 Å². The second kappa shape index (κ2) is 8.37. The van der Waals surface area contributed by atoms with Crippen LogP contribution in [0.3, 0.4) is 0 Å². The molecule has 1 aromatic heterocycles. The summed E-state index contributed by atoms with van der Waals surface area (Å²) in [7, 11) is 0. The summed E-state index contributed by atoms with van der Waals surface area (Å²) in [5.41, 5.74) is 2.55. The van der Waals surface area contributed by atoms with Crippen molar-refractivity contribution in [3.63, 3.8) is 0 Å². The lowest BCUT2D eigenvalue weighted by Gasteiger charge is -2.24. The number of ether oxygens (including phenoxy) is 1. The van der Waals surface area contributed by atoms with Crippen LogP contribution in [0.2, 0.25) is 0 Å². The van der Waals surface area contributed by atoms with Crippen LogP contribution in [0, 0.1) is 13.8 Å². The smallest absolute Gasteiger partial charge is 0.253 e. The van der Waals surface area contributed by atoms with Crippen LogP contribution in [0.15, 0.2) is 30.5 Å². The summed E-state index contributed by atoms with van der Waals surface area (Å²) in [6.07, 6.45) is 2.82. The number of carbonyl (C=O) groups is 1. The highest BCUT2D eigenvalue weighted by molar-refractivity contribution is 5.94. The van der Waals surface area contributed by atoms with Gasteiger partial charge in [-0.2, -0.15) is 0 Å². The Bertz CT molecular complexity index is 789.